The van der Waals surface area contributed by atoms with Crippen molar-refractivity contribution in [3.63, 3.8) is 0 Å². The lowest BCUT2D eigenvalue weighted by Crippen LogP contribution is -2.01. The maximum atomic E-state index is 6.08. The topological polar surface area (TPSA) is 53.1 Å². The number of oxazole rings is 1. The number of hydrogen-bond donors (Lipinski definition) is 0. The van der Waals surface area contributed by atoms with Gasteiger partial charge in [0.15, 0.2) is 5.76 Å². The Kier molecular flexibility index (Phi) is 5.34. The van der Waals surface area contributed by atoms with Crippen molar-refractivity contribution in [2.45, 2.75) is 32.9 Å². The van der Waals surface area contributed by atoms with E-state index in [1.807, 2.05) is 42.9 Å². The predicted molar refractivity (Wildman–Crippen MR) is 106 cm³/mol. The van der Waals surface area contributed by atoms with Crippen molar-refractivity contribution in [1.29, 1.82) is 0 Å². The summed E-state index contributed by atoms with van der Waals surface area (Å²) >= 11 is 1.69. The fraction of sp³-hybridized carbons (Fsp3) is 0.238. The largest absolute Gasteiger partial charge is 0.486 e. The first-order valence-corrected chi connectivity index (χ1v) is 9.78. The number of hydrogen-bond acceptors (Lipinski definition) is 5. The van der Waals surface area contributed by atoms with E-state index in [4.69, 9.17) is 14.1 Å². The Morgan fingerprint density at radius 2 is 2.04 bits per heavy atom. The number of nitrogens with zero attached hydrogens (tertiary/aromatic N) is 3. The van der Waals surface area contributed by atoms with E-state index in [2.05, 4.69) is 28.6 Å². The van der Waals surface area contributed by atoms with Crippen molar-refractivity contribution in [2.24, 2.45) is 0 Å². The molecule has 0 aliphatic carbocycles. The van der Waals surface area contributed by atoms with Crippen molar-refractivity contribution in [3.8, 4) is 16.5 Å². The van der Waals surface area contributed by atoms with Gasteiger partial charge in [0, 0.05) is 23.8 Å². The van der Waals surface area contributed by atoms with E-state index < -0.39 is 0 Å². The van der Waals surface area contributed by atoms with Crippen molar-refractivity contribution < 1.29 is 9.15 Å². The molecule has 0 radical (unpaired) electrons. The lowest BCUT2D eigenvalue weighted by atomic mass is 10.2. The van der Waals surface area contributed by atoms with Gasteiger partial charge in [0.25, 0.3) is 0 Å². The number of para-hydroxylation sites is 1. The van der Waals surface area contributed by atoms with Crippen LogP contribution >= 0.6 is 11.3 Å². The molecule has 3 aromatic heterocycles. The normalized spacial score (nSPS) is 11.0. The number of aromatic nitrogens is 3. The van der Waals surface area contributed by atoms with Gasteiger partial charge >= 0.3 is 0 Å². The molecule has 0 bridgehead atoms. The maximum absolute atomic E-state index is 6.08. The summed E-state index contributed by atoms with van der Waals surface area (Å²) in [6.45, 7) is 3.36. The van der Waals surface area contributed by atoms with E-state index in [9.17, 15) is 0 Å². The quantitative estimate of drug-likeness (QED) is 0.426. The van der Waals surface area contributed by atoms with Gasteiger partial charge in [-0.3, -0.25) is 0 Å². The molecular weight excluding hydrogens is 358 g/mol. The first-order chi connectivity index (χ1) is 13.3. The van der Waals surface area contributed by atoms with Crippen LogP contribution in [0, 0.1) is 6.92 Å². The van der Waals surface area contributed by atoms with Crippen LogP contribution in [-0.2, 0) is 19.6 Å². The Hall–Kier alpha value is -2.86. The third-order valence-corrected chi connectivity index (χ3v) is 5.22. The molecule has 0 spiro atoms. The van der Waals surface area contributed by atoms with Gasteiger partial charge in [-0.25, -0.2) is 9.97 Å². The lowest BCUT2D eigenvalue weighted by molar-refractivity contribution is 0.270. The van der Waals surface area contributed by atoms with Crippen LogP contribution in [0.3, 0.4) is 0 Å². The molecule has 0 fully saturated rings. The molecular formula is C21H21N3O2S. The van der Waals surface area contributed by atoms with E-state index in [-0.39, 0.29) is 0 Å². The highest BCUT2D eigenvalue weighted by Gasteiger charge is 2.16. The molecule has 1 aromatic carbocycles. The van der Waals surface area contributed by atoms with Gasteiger partial charge in [-0.1, -0.05) is 18.2 Å². The molecule has 0 aliphatic rings. The van der Waals surface area contributed by atoms with Gasteiger partial charge in [-0.15, -0.1) is 11.3 Å². The third-order valence-electron chi connectivity index (χ3n) is 4.23. The van der Waals surface area contributed by atoms with E-state index >= 15 is 0 Å². The first-order valence-electron chi connectivity index (χ1n) is 8.97. The smallest absolute Gasteiger partial charge is 0.236 e. The van der Waals surface area contributed by atoms with Crippen LogP contribution in [0.4, 0.5) is 0 Å². The summed E-state index contributed by atoms with van der Waals surface area (Å²) in [4.78, 5) is 11.1. The SMILES string of the molecule is Cc1ccc(-c2nc(CCCn3ccnc3)c(COc3ccccc3)o2)s1. The van der Waals surface area contributed by atoms with Gasteiger partial charge in [0.05, 0.1) is 16.9 Å². The molecule has 5 nitrogen and oxygen atoms in total. The number of ether oxygens (including phenoxy) is 1. The van der Waals surface area contributed by atoms with Gasteiger partial charge in [0.2, 0.25) is 5.89 Å². The summed E-state index contributed by atoms with van der Waals surface area (Å²) in [5.41, 5.74) is 0.965. The highest BCUT2D eigenvalue weighted by atomic mass is 32.1. The van der Waals surface area contributed by atoms with Crippen LogP contribution in [0.1, 0.15) is 22.8 Å². The molecule has 138 valence electrons. The van der Waals surface area contributed by atoms with Crippen LogP contribution in [-0.4, -0.2) is 14.5 Å². The Morgan fingerprint density at radius 3 is 2.78 bits per heavy atom. The second-order valence-corrected chi connectivity index (χ2v) is 7.59. The Bertz CT molecular complexity index is 974. The zero-order valence-electron chi connectivity index (χ0n) is 15.2. The average molecular weight is 379 g/mol. The number of thiophene rings is 1. The molecule has 0 saturated carbocycles. The van der Waals surface area contributed by atoms with E-state index in [1.165, 1.54) is 4.88 Å². The molecule has 27 heavy (non-hydrogen) atoms. The monoisotopic (exact) mass is 379 g/mol. The molecule has 0 amide bonds. The van der Waals surface area contributed by atoms with Gasteiger partial charge in [0.1, 0.15) is 12.4 Å². The predicted octanol–water partition coefficient (Wildman–Crippen LogP) is 5.12. The molecule has 0 unspecified atom stereocenters. The Morgan fingerprint density at radius 1 is 1.15 bits per heavy atom. The second kappa shape index (κ2) is 8.22. The van der Waals surface area contributed by atoms with Gasteiger partial charge < -0.3 is 13.7 Å². The summed E-state index contributed by atoms with van der Waals surface area (Å²) in [5.74, 6) is 2.30. The highest BCUT2D eigenvalue weighted by Crippen LogP contribution is 2.29. The Balaban J connectivity index is 1.50. The van der Waals surface area contributed by atoms with Crippen LogP contribution in [0.2, 0.25) is 0 Å². The number of imidazole rings is 1. The second-order valence-electron chi connectivity index (χ2n) is 6.30. The lowest BCUT2D eigenvalue weighted by Gasteiger charge is -2.05. The third kappa shape index (κ3) is 4.46. The average Bonchev–Trinajstić information content (AvgIpc) is 3.42. The number of rotatable bonds is 8. The van der Waals surface area contributed by atoms with Crippen molar-refractivity contribution in [1.82, 2.24) is 14.5 Å². The zero-order chi connectivity index (χ0) is 18.5. The van der Waals surface area contributed by atoms with E-state index in [1.54, 1.807) is 17.5 Å². The number of aryl methyl sites for hydroxylation is 3. The molecule has 0 aliphatic heterocycles. The molecule has 0 N–H and O–H groups in total. The summed E-state index contributed by atoms with van der Waals surface area (Å²) in [6, 6.07) is 13.9. The van der Waals surface area contributed by atoms with E-state index in [0.29, 0.717) is 12.5 Å². The standard InChI is InChI=1S/C21H21N3O2S/c1-16-9-10-20(27-16)21-23-18(8-5-12-24-13-11-22-15-24)19(26-21)14-25-17-6-3-2-4-7-17/h2-4,6-7,9-11,13,15H,5,8,12,14H2,1H3. The van der Waals surface area contributed by atoms with Crippen molar-refractivity contribution in [3.05, 3.63) is 77.5 Å². The summed E-state index contributed by atoms with van der Waals surface area (Å²) in [5, 5.41) is 0. The van der Waals surface area contributed by atoms with Crippen LogP contribution in [0.15, 0.2) is 65.6 Å². The summed E-state index contributed by atoms with van der Waals surface area (Å²) < 4.78 is 14.0. The van der Waals surface area contributed by atoms with Gasteiger partial charge in [-0.05, 0) is 44.0 Å². The summed E-state index contributed by atoms with van der Waals surface area (Å²) in [7, 11) is 0. The molecule has 4 aromatic rings. The highest BCUT2D eigenvalue weighted by molar-refractivity contribution is 7.15. The molecule has 0 atom stereocenters. The summed E-state index contributed by atoms with van der Waals surface area (Å²) in [6.07, 6.45) is 7.40. The Labute approximate surface area is 162 Å². The molecule has 3 heterocycles. The molecule has 6 heteroatoms. The van der Waals surface area contributed by atoms with Crippen molar-refractivity contribution >= 4 is 11.3 Å². The van der Waals surface area contributed by atoms with E-state index in [0.717, 1.165) is 41.5 Å². The van der Waals surface area contributed by atoms with Crippen molar-refractivity contribution in [2.75, 3.05) is 0 Å². The molecule has 0 saturated heterocycles. The fourth-order valence-electron chi connectivity index (χ4n) is 2.86. The minimum atomic E-state index is 0.377. The minimum absolute atomic E-state index is 0.377. The fourth-order valence-corrected chi connectivity index (χ4v) is 3.65. The zero-order valence-corrected chi connectivity index (χ0v) is 16.0. The number of benzene rings is 1. The minimum Gasteiger partial charge on any atom is -0.486 e. The van der Waals surface area contributed by atoms with Crippen LogP contribution < -0.4 is 4.74 Å². The van der Waals surface area contributed by atoms with Crippen LogP contribution in [0.25, 0.3) is 10.8 Å². The van der Waals surface area contributed by atoms with Crippen LogP contribution in [0.5, 0.6) is 5.75 Å². The maximum Gasteiger partial charge on any atom is 0.236 e. The van der Waals surface area contributed by atoms with Gasteiger partial charge in [-0.2, -0.15) is 0 Å². The first kappa shape index (κ1) is 17.5. The molecule has 4 rings (SSSR count).